The van der Waals surface area contributed by atoms with Gasteiger partial charge in [0, 0.05) is 0 Å². The molecule has 4 heteroatoms. The summed E-state index contributed by atoms with van der Waals surface area (Å²) in [6.07, 6.45) is 1.95. The zero-order chi connectivity index (χ0) is 11.8. The van der Waals surface area contributed by atoms with E-state index in [9.17, 15) is 0 Å². The topological polar surface area (TPSA) is 51.8 Å². The summed E-state index contributed by atoms with van der Waals surface area (Å²) >= 11 is 1.50. The highest BCUT2D eigenvalue weighted by Crippen LogP contribution is 2.28. The van der Waals surface area contributed by atoms with Crippen molar-refractivity contribution in [3.05, 3.63) is 36.4 Å². The summed E-state index contributed by atoms with van der Waals surface area (Å²) in [5.74, 6) is 0.552. The molecule has 0 atom stereocenters. The molecule has 0 aliphatic carbocycles. The monoisotopic (exact) mass is 241 g/mol. The fourth-order valence-electron chi connectivity index (χ4n) is 2.00. The fraction of sp³-hybridized carbons (Fsp3) is 0.0769. The van der Waals surface area contributed by atoms with E-state index in [1.54, 1.807) is 0 Å². The molecular weight excluding hydrogens is 230 g/mol. The molecular formula is C13H11N3S. The molecule has 0 fully saturated rings. The third kappa shape index (κ3) is 1.61. The fourth-order valence-corrected chi connectivity index (χ4v) is 2.38. The first-order valence-corrected chi connectivity index (χ1v) is 6.51. The Labute approximate surface area is 103 Å². The summed E-state index contributed by atoms with van der Waals surface area (Å²) in [6.45, 7) is 0. The summed E-state index contributed by atoms with van der Waals surface area (Å²) in [4.78, 5) is 8.78. The Hall–Kier alpha value is -1.81. The average molecular weight is 241 g/mol. The van der Waals surface area contributed by atoms with Gasteiger partial charge >= 0.3 is 0 Å². The van der Waals surface area contributed by atoms with E-state index >= 15 is 0 Å². The normalized spacial score (nSPS) is 11.1. The second-order valence-electron chi connectivity index (χ2n) is 3.78. The maximum atomic E-state index is 6.03. The van der Waals surface area contributed by atoms with Gasteiger partial charge in [0.2, 0.25) is 0 Å². The molecule has 0 spiro atoms. The molecule has 3 aromatic rings. The van der Waals surface area contributed by atoms with Gasteiger partial charge in [0.05, 0.1) is 10.9 Å². The molecule has 3 rings (SSSR count). The lowest BCUT2D eigenvalue weighted by Crippen LogP contribution is -1.97. The molecule has 1 heterocycles. The second-order valence-corrected chi connectivity index (χ2v) is 4.55. The smallest absolute Gasteiger partial charge is 0.189 e. The van der Waals surface area contributed by atoms with E-state index in [-0.39, 0.29) is 0 Å². The van der Waals surface area contributed by atoms with E-state index in [0.717, 1.165) is 21.7 Å². The van der Waals surface area contributed by atoms with Gasteiger partial charge in [-0.1, -0.05) is 42.1 Å². The predicted octanol–water partition coefficient (Wildman–Crippen LogP) is 3.09. The van der Waals surface area contributed by atoms with E-state index in [2.05, 4.69) is 28.2 Å². The van der Waals surface area contributed by atoms with Crippen LogP contribution in [-0.4, -0.2) is 16.2 Å². The van der Waals surface area contributed by atoms with Crippen molar-refractivity contribution in [1.29, 1.82) is 0 Å². The quantitative estimate of drug-likeness (QED) is 0.404. The van der Waals surface area contributed by atoms with Crippen LogP contribution in [0.15, 0.2) is 41.6 Å². The Morgan fingerprint density at radius 1 is 1.06 bits per heavy atom. The number of fused-ring (bicyclic) bond motifs is 3. The number of rotatable bonds is 1. The minimum Gasteiger partial charge on any atom is -0.383 e. The van der Waals surface area contributed by atoms with Gasteiger partial charge in [-0.25, -0.2) is 9.97 Å². The highest BCUT2D eigenvalue weighted by atomic mass is 32.2. The maximum absolute atomic E-state index is 6.03. The molecule has 0 aliphatic rings. The zero-order valence-electron chi connectivity index (χ0n) is 9.34. The number of hydrogen-bond donors (Lipinski definition) is 1. The van der Waals surface area contributed by atoms with Crippen molar-refractivity contribution in [3.63, 3.8) is 0 Å². The van der Waals surface area contributed by atoms with Crippen molar-refractivity contribution in [1.82, 2.24) is 9.97 Å². The van der Waals surface area contributed by atoms with Crippen LogP contribution >= 0.6 is 11.8 Å². The van der Waals surface area contributed by atoms with Gasteiger partial charge in [0.15, 0.2) is 5.16 Å². The molecule has 2 aromatic carbocycles. The summed E-state index contributed by atoms with van der Waals surface area (Å²) in [5.41, 5.74) is 6.94. The van der Waals surface area contributed by atoms with Gasteiger partial charge in [-0.05, 0) is 23.1 Å². The van der Waals surface area contributed by atoms with Crippen LogP contribution in [0.1, 0.15) is 0 Å². The third-order valence-corrected chi connectivity index (χ3v) is 3.33. The van der Waals surface area contributed by atoms with Crippen molar-refractivity contribution < 1.29 is 0 Å². The lowest BCUT2D eigenvalue weighted by atomic mass is 10.1. The average Bonchev–Trinajstić information content (AvgIpc) is 2.37. The van der Waals surface area contributed by atoms with Crippen LogP contribution in [0.2, 0.25) is 0 Å². The van der Waals surface area contributed by atoms with Crippen LogP contribution in [0.3, 0.4) is 0 Å². The van der Waals surface area contributed by atoms with Crippen molar-refractivity contribution in [2.45, 2.75) is 5.16 Å². The standard InChI is InChI=1S/C13H11N3S/c1-17-13-15-10-7-6-8-4-2-3-5-9(8)11(10)12(14)16-13/h2-7H,1H3,(H2,14,15,16). The first-order valence-electron chi connectivity index (χ1n) is 5.28. The van der Waals surface area contributed by atoms with Gasteiger partial charge < -0.3 is 5.73 Å². The minimum absolute atomic E-state index is 0.552. The molecule has 3 nitrogen and oxygen atoms in total. The Bertz CT molecular complexity index is 709. The summed E-state index contributed by atoms with van der Waals surface area (Å²) in [5, 5.41) is 3.92. The summed E-state index contributed by atoms with van der Waals surface area (Å²) in [7, 11) is 0. The van der Waals surface area contributed by atoms with Crippen LogP contribution in [0.4, 0.5) is 5.82 Å². The molecule has 0 aliphatic heterocycles. The first kappa shape index (κ1) is 10.4. The van der Waals surface area contributed by atoms with E-state index < -0.39 is 0 Å². The largest absolute Gasteiger partial charge is 0.383 e. The van der Waals surface area contributed by atoms with Crippen molar-refractivity contribution in [2.24, 2.45) is 0 Å². The molecule has 0 amide bonds. The molecule has 0 radical (unpaired) electrons. The molecule has 2 N–H and O–H groups in total. The van der Waals surface area contributed by atoms with Gasteiger partial charge in [-0.3, -0.25) is 0 Å². The Morgan fingerprint density at radius 2 is 1.88 bits per heavy atom. The minimum atomic E-state index is 0.552. The highest BCUT2D eigenvalue weighted by Gasteiger charge is 2.07. The van der Waals surface area contributed by atoms with Gasteiger partial charge in [-0.15, -0.1) is 0 Å². The molecule has 0 bridgehead atoms. The number of anilines is 1. The molecule has 0 saturated carbocycles. The number of thioether (sulfide) groups is 1. The van der Waals surface area contributed by atoms with Crippen LogP contribution < -0.4 is 5.73 Å². The SMILES string of the molecule is CSc1nc(N)c2c(ccc3ccccc32)n1. The number of benzene rings is 2. The number of nitrogen functional groups attached to an aromatic ring is 1. The van der Waals surface area contributed by atoms with E-state index in [1.807, 2.05) is 24.5 Å². The molecule has 1 aromatic heterocycles. The van der Waals surface area contributed by atoms with Crippen LogP contribution in [-0.2, 0) is 0 Å². The number of nitrogens with zero attached hydrogens (tertiary/aromatic N) is 2. The van der Waals surface area contributed by atoms with E-state index in [1.165, 1.54) is 11.8 Å². The van der Waals surface area contributed by atoms with E-state index in [0.29, 0.717) is 11.0 Å². The molecule has 0 unspecified atom stereocenters. The van der Waals surface area contributed by atoms with Crippen molar-refractivity contribution >= 4 is 39.3 Å². The molecule has 84 valence electrons. The Morgan fingerprint density at radius 3 is 2.71 bits per heavy atom. The highest BCUT2D eigenvalue weighted by molar-refractivity contribution is 7.98. The Kier molecular flexibility index (Phi) is 2.37. The lowest BCUT2D eigenvalue weighted by Gasteiger charge is -2.06. The van der Waals surface area contributed by atoms with Crippen LogP contribution in [0.5, 0.6) is 0 Å². The zero-order valence-corrected chi connectivity index (χ0v) is 10.2. The van der Waals surface area contributed by atoms with Crippen molar-refractivity contribution in [3.8, 4) is 0 Å². The van der Waals surface area contributed by atoms with Gasteiger partial charge in [0.25, 0.3) is 0 Å². The first-order chi connectivity index (χ1) is 8.29. The summed E-state index contributed by atoms with van der Waals surface area (Å²) in [6, 6.07) is 12.2. The second kappa shape index (κ2) is 3.89. The van der Waals surface area contributed by atoms with Gasteiger partial charge in [0.1, 0.15) is 5.82 Å². The van der Waals surface area contributed by atoms with Crippen LogP contribution in [0.25, 0.3) is 21.7 Å². The Balaban J connectivity index is 2.50. The number of aromatic nitrogens is 2. The van der Waals surface area contributed by atoms with E-state index in [4.69, 9.17) is 5.73 Å². The van der Waals surface area contributed by atoms with Crippen LogP contribution in [0, 0.1) is 0 Å². The summed E-state index contributed by atoms with van der Waals surface area (Å²) < 4.78 is 0. The number of nitrogens with two attached hydrogens (primary N) is 1. The lowest BCUT2D eigenvalue weighted by molar-refractivity contribution is 1.02. The third-order valence-electron chi connectivity index (χ3n) is 2.78. The maximum Gasteiger partial charge on any atom is 0.189 e. The molecule has 0 saturated heterocycles. The molecule has 17 heavy (non-hydrogen) atoms. The van der Waals surface area contributed by atoms with Gasteiger partial charge in [-0.2, -0.15) is 0 Å². The number of hydrogen-bond acceptors (Lipinski definition) is 4. The predicted molar refractivity (Wildman–Crippen MR) is 73.2 cm³/mol. The van der Waals surface area contributed by atoms with Crippen molar-refractivity contribution in [2.75, 3.05) is 12.0 Å².